The zero-order valence-electron chi connectivity index (χ0n) is 19.8. The van der Waals surface area contributed by atoms with Gasteiger partial charge in [-0.3, -0.25) is 9.59 Å². The minimum Gasteiger partial charge on any atom is -0.284 e. The molecule has 0 saturated heterocycles. The van der Waals surface area contributed by atoms with E-state index in [4.69, 9.17) is 0 Å². The smallest absolute Gasteiger partial charge is 0.244 e. The molecule has 0 unspecified atom stereocenters. The molecule has 0 saturated carbocycles. The average molecular weight is 452 g/mol. The van der Waals surface area contributed by atoms with Crippen molar-refractivity contribution < 1.29 is 14.2 Å². The molecule has 1 aliphatic carbocycles. The van der Waals surface area contributed by atoms with Crippen LogP contribution in [-0.2, 0) is 19.5 Å². The first-order chi connectivity index (χ1) is 16.7. The fraction of sp³-hybridized carbons (Fsp3) is 0.300. The predicted octanol–water partition coefficient (Wildman–Crippen LogP) is 5.92. The normalized spacial score (nSPS) is 12.7. The molecule has 34 heavy (non-hydrogen) atoms. The molecule has 4 aromatic rings. The number of fused-ring (bicyclic) bond motifs is 3. The Morgan fingerprint density at radius 3 is 2.26 bits per heavy atom. The van der Waals surface area contributed by atoms with E-state index >= 15 is 0 Å². The highest BCUT2D eigenvalue weighted by Gasteiger charge is 2.40. The van der Waals surface area contributed by atoms with E-state index in [9.17, 15) is 9.59 Å². The summed E-state index contributed by atoms with van der Waals surface area (Å²) in [4.78, 5) is 27.0. The standard InChI is InChI=1S/C30H31N2O2/c1-2-3-4-5-10-18-31-21-32(19-17-22-15-16-23-11-6-7-12-24(23)20-22)28-27(31)29(33)25-13-8-9-14-26(25)30(28)34/h6-9,11-16,20-21H,2-5,10,17-19H2,1H3/q+1. The summed E-state index contributed by atoms with van der Waals surface area (Å²) >= 11 is 0. The molecule has 1 aliphatic rings. The number of benzene rings is 3. The highest BCUT2D eigenvalue weighted by molar-refractivity contribution is 6.26. The van der Waals surface area contributed by atoms with Gasteiger partial charge in [0, 0.05) is 17.5 Å². The Labute approximate surface area is 200 Å². The molecule has 0 fully saturated rings. The van der Waals surface area contributed by atoms with Gasteiger partial charge in [0.05, 0.1) is 13.1 Å². The minimum atomic E-state index is -0.0477. The van der Waals surface area contributed by atoms with Crippen LogP contribution in [0.5, 0.6) is 0 Å². The van der Waals surface area contributed by atoms with Crippen LogP contribution >= 0.6 is 0 Å². The monoisotopic (exact) mass is 451 g/mol. The third-order valence-electron chi connectivity index (χ3n) is 6.88. The Hall–Kier alpha value is -3.53. The van der Waals surface area contributed by atoms with E-state index in [1.54, 1.807) is 12.1 Å². The molecule has 0 amide bonds. The summed E-state index contributed by atoms with van der Waals surface area (Å²) in [6.07, 6.45) is 8.58. The van der Waals surface area contributed by atoms with Crippen molar-refractivity contribution in [3.8, 4) is 0 Å². The molecule has 0 bridgehead atoms. The lowest BCUT2D eigenvalue weighted by molar-refractivity contribution is -0.698. The fourth-order valence-electron chi connectivity index (χ4n) is 5.03. The molecule has 4 nitrogen and oxygen atoms in total. The lowest BCUT2D eigenvalue weighted by Gasteiger charge is -2.13. The summed E-state index contributed by atoms with van der Waals surface area (Å²) in [5.74, 6) is -0.0864. The van der Waals surface area contributed by atoms with Gasteiger partial charge in [0.15, 0.2) is 0 Å². The zero-order valence-corrected chi connectivity index (χ0v) is 19.8. The van der Waals surface area contributed by atoms with Gasteiger partial charge < -0.3 is 0 Å². The van der Waals surface area contributed by atoms with E-state index < -0.39 is 0 Å². The van der Waals surface area contributed by atoms with Crippen molar-refractivity contribution in [3.05, 3.63) is 101 Å². The Bertz CT molecular complexity index is 1370. The molecule has 0 aliphatic heterocycles. The molecule has 3 aromatic carbocycles. The molecule has 4 heteroatoms. The maximum absolute atomic E-state index is 13.5. The Kier molecular flexibility index (Phi) is 6.39. The van der Waals surface area contributed by atoms with Crippen LogP contribution in [0.15, 0.2) is 73.1 Å². The van der Waals surface area contributed by atoms with E-state index in [2.05, 4.69) is 49.4 Å². The van der Waals surface area contributed by atoms with Crippen molar-refractivity contribution in [1.29, 1.82) is 0 Å². The topological polar surface area (TPSA) is 43.0 Å². The number of aryl methyl sites for hydroxylation is 3. The molecule has 0 atom stereocenters. The Morgan fingerprint density at radius 2 is 1.47 bits per heavy atom. The largest absolute Gasteiger partial charge is 0.284 e. The number of carbonyl (C=O) groups is 2. The second-order valence-corrected chi connectivity index (χ2v) is 9.25. The van der Waals surface area contributed by atoms with E-state index in [0.717, 1.165) is 25.8 Å². The third-order valence-corrected chi connectivity index (χ3v) is 6.88. The number of imidazole rings is 1. The van der Waals surface area contributed by atoms with Crippen LogP contribution in [0.4, 0.5) is 0 Å². The SMILES string of the molecule is CCCCCCC[n+]1cn(CCc2ccc3ccccc3c2)c2c1C(=O)c1ccccc1C2=O. The van der Waals surface area contributed by atoms with Gasteiger partial charge >= 0.3 is 0 Å². The van der Waals surface area contributed by atoms with Gasteiger partial charge in [-0.05, 0) is 29.2 Å². The van der Waals surface area contributed by atoms with Gasteiger partial charge in [0.25, 0.3) is 0 Å². The van der Waals surface area contributed by atoms with E-state index in [-0.39, 0.29) is 11.6 Å². The Morgan fingerprint density at radius 1 is 0.765 bits per heavy atom. The van der Waals surface area contributed by atoms with Gasteiger partial charge in [0.2, 0.25) is 29.3 Å². The van der Waals surface area contributed by atoms with Crippen molar-refractivity contribution in [2.75, 3.05) is 0 Å². The molecule has 1 heterocycles. The van der Waals surface area contributed by atoms with Gasteiger partial charge in [0.1, 0.15) is 0 Å². The Balaban J connectivity index is 1.45. The number of ketones is 2. The summed E-state index contributed by atoms with van der Waals surface area (Å²) in [6.45, 7) is 3.63. The van der Waals surface area contributed by atoms with Crippen LogP contribution < -0.4 is 4.57 Å². The van der Waals surface area contributed by atoms with Crippen molar-refractivity contribution in [1.82, 2.24) is 4.57 Å². The van der Waals surface area contributed by atoms with Gasteiger partial charge in [-0.25, -0.2) is 9.13 Å². The molecule has 5 rings (SSSR count). The van der Waals surface area contributed by atoms with E-state index in [1.807, 2.05) is 27.6 Å². The van der Waals surface area contributed by atoms with Gasteiger partial charge in [-0.2, -0.15) is 0 Å². The van der Waals surface area contributed by atoms with Crippen molar-refractivity contribution >= 4 is 22.3 Å². The van der Waals surface area contributed by atoms with Crippen LogP contribution in [0.2, 0.25) is 0 Å². The number of unbranched alkanes of at least 4 members (excludes halogenated alkanes) is 4. The number of rotatable bonds is 9. The maximum Gasteiger partial charge on any atom is 0.244 e. The van der Waals surface area contributed by atoms with E-state index in [1.165, 1.54) is 35.6 Å². The first-order valence-corrected chi connectivity index (χ1v) is 12.5. The summed E-state index contributed by atoms with van der Waals surface area (Å²) in [7, 11) is 0. The molecular formula is C30H31N2O2+. The molecule has 0 N–H and O–H groups in total. The lowest BCUT2D eigenvalue weighted by Crippen LogP contribution is -2.40. The van der Waals surface area contributed by atoms with Crippen LogP contribution in [0.25, 0.3) is 10.8 Å². The van der Waals surface area contributed by atoms with Crippen LogP contribution in [0.1, 0.15) is 76.7 Å². The average Bonchev–Trinajstić information content (AvgIpc) is 3.24. The summed E-state index contributed by atoms with van der Waals surface area (Å²) in [5, 5.41) is 2.44. The quantitative estimate of drug-likeness (QED) is 0.206. The minimum absolute atomic E-state index is 0.0387. The highest BCUT2D eigenvalue weighted by Crippen LogP contribution is 2.26. The number of hydrogen-bond acceptors (Lipinski definition) is 2. The molecule has 172 valence electrons. The number of carbonyl (C=O) groups excluding carboxylic acids is 2. The second-order valence-electron chi connectivity index (χ2n) is 9.25. The van der Waals surface area contributed by atoms with Crippen molar-refractivity contribution in [2.24, 2.45) is 0 Å². The molecule has 0 spiro atoms. The summed E-state index contributed by atoms with van der Waals surface area (Å²) < 4.78 is 4.03. The fourth-order valence-corrected chi connectivity index (χ4v) is 5.03. The van der Waals surface area contributed by atoms with Crippen molar-refractivity contribution in [2.45, 2.75) is 58.5 Å². The van der Waals surface area contributed by atoms with Crippen LogP contribution in [-0.4, -0.2) is 16.1 Å². The number of aromatic nitrogens is 2. The summed E-state index contributed by atoms with van der Waals surface area (Å²) in [6, 6.07) is 22.1. The van der Waals surface area contributed by atoms with Crippen LogP contribution in [0.3, 0.4) is 0 Å². The van der Waals surface area contributed by atoms with Crippen LogP contribution in [0, 0.1) is 0 Å². The lowest BCUT2D eigenvalue weighted by atomic mass is 9.90. The number of nitrogens with zero attached hydrogens (tertiary/aromatic N) is 2. The van der Waals surface area contributed by atoms with Gasteiger partial charge in [-0.15, -0.1) is 0 Å². The second kappa shape index (κ2) is 9.76. The molecular weight excluding hydrogens is 420 g/mol. The molecule has 0 radical (unpaired) electrons. The first kappa shape index (κ1) is 22.3. The number of hydrogen-bond donors (Lipinski definition) is 0. The zero-order chi connectivity index (χ0) is 23.5. The van der Waals surface area contributed by atoms with E-state index in [0.29, 0.717) is 29.1 Å². The van der Waals surface area contributed by atoms with Gasteiger partial charge in [-0.1, -0.05) is 92.9 Å². The van der Waals surface area contributed by atoms with Crippen molar-refractivity contribution in [3.63, 3.8) is 0 Å². The third kappa shape index (κ3) is 4.21. The molecule has 1 aromatic heterocycles. The maximum atomic E-state index is 13.5. The predicted molar refractivity (Wildman–Crippen MR) is 134 cm³/mol. The highest BCUT2D eigenvalue weighted by atomic mass is 16.1. The summed E-state index contributed by atoms with van der Waals surface area (Å²) in [5.41, 5.74) is 3.35. The first-order valence-electron chi connectivity index (χ1n) is 12.5.